The minimum absolute atomic E-state index is 0.317. The van der Waals surface area contributed by atoms with Crippen molar-refractivity contribution in [3.8, 4) is 0 Å². The van der Waals surface area contributed by atoms with Crippen LogP contribution in [-0.4, -0.2) is 0 Å². The Morgan fingerprint density at radius 3 is 2.94 bits per heavy atom. The summed E-state index contributed by atoms with van der Waals surface area (Å²) in [7, 11) is 0. The zero-order chi connectivity index (χ0) is 11.1. The largest absolute Gasteiger partial charge is 0.271 e. The second kappa shape index (κ2) is 3.84. The van der Waals surface area contributed by atoms with Crippen LogP contribution in [0.3, 0.4) is 0 Å². The summed E-state index contributed by atoms with van der Waals surface area (Å²) < 4.78 is 1.38. The summed E-state index contributed by atoms with van der Waals surface area (Å²) in [6.07, 6.45) is 1.29. The Labute approximate surface area is 99.4 Å². The van der Waals surface area contributed by atoms with Crippen molar-refractivity contribution in [3.05, 3.63) is 35.2 Å². The van der Waals surface area contributed by atoms with E-state index in [1.807, 2.05) is 11.3 Å². The third kappa shape index (κ3) is 1.56. The van der Waals surface area contributed by atoms with Gasteiger partial charge in [-0.1, -0.05) is 25.1 Å². The van der Waals surface area contributed by atoms with E-state index in [1.165, 1.54) is 22.1 Å². The molecule has 2 nitrogen and oxygen atoms in total. The van der Waals surface area contributed by atoms with Crippen LogP contribution in [0, 0.1) is 11.8 Å². The number of fused-ring (bicyclic) bond motifs is 1. The summed E-state index contributed by atoms with van der Waals surface area (Å²) in [6.45, 7) is 2.30. The molecule has 0 amide bonds. The maximum absolute atomic E-state index is 5.72. The molecule has 1 heterocycles. The van der Waals surface area contributed by atoms with Crippen molar-refractivity contribution in [1.29, 1.82) is 0 Å². The van der Waals surface area contributed by atoms with E-state index in [0.29, 0.717) is 12.0 Å². The van der Waals surface area contributed by atoms with E-state index in [-0.39, 0.29) is 0 Å². The summed E-state index contributed by atoms with van der Waals surface area (Å²) in [4.78, 5) is 0. The Balaban J connectivity index is 2.06. The molecule has 3 rings (SSSR count). The fourth-order valence-corrected chi connectivity index (χ4v) is 3.47. The van der Waals surface area contributed by atoms with Gasteiger partial charge in [0.2, 0.25) is 0 Å². The number of hydrazine groups is 1. The van der Waals surface area contributed by atoms with Gasteiger partial charge in [-0.05, 0) is 40.7 Å². The first-order valence-corrected chi connectivity index (χ1v) is 6.61. The topological polar surface area (TPSA) is 38.0 Å². The zero-order valence-electron chi connectivity index (χ0n) is 9.31. The lowest BCUT2D eigenvalue weighted by molar-refractivity contribution is 0.479. The normalized spacial score (nSPS) is 25.9. The molecule has 0 bridgehead atoms. The van der Waals surface area contributed by atoms with Crippen LogP contribution in [0.1, 0.15) is 24.9 Å². The van der Waals surface area contributed by atoms with Crippen LogP contribution in [0.5, 0.6) is 0 Å². The zero-order valence-corrected chi connectivity index (χ0v) is 10.1. The van der Waals surface area contributed by atoms with Gasteiger partial charge < -0.3 is 0 Å². The van der Waals surface area contributed by atoms with E-state index in [4.69, 9.17) is 5.84 Å². The van der Waals surface area contributed by atoms with Crippen molar-refractivity contribution in [1.82, 2.24) is 5.43 Å². The predicted molar refractivity (Wildman–Crippen MR) is 69.2 cm³/mol. The molecule has 3 unspecified atom stereocenters. The Kier molecular flexibility index (Phi) is 2.46. The minimum Gasteiger partial charge on any atom is -0.271 e. The van der Waals surface area contributed by atoms with E-state index in [0.717, 1.165) is 5.92 Å². The minimum atomic E-state index is 0.317. The lowest BCUT2D eigenvalue weighted by Crippen LogP contribution is -2.29. The van der Waals surface area contributed by atoms with Crippen molar-refractivity contribution < 1.29 is 0 Å². The lowest BCUT2D eigenvalue weighted by atomic mass is 10.0. The fraction of sp³-hybridized carbons (Fsp3) is 0.385. The highest BCUT2D eigenvalue weighted by Gasteiger charge is 2.40. The van der Waals surface area contributed by atoms with Crippen LogP contribution in [0.4, 0.5) is 0 Å². The summed E-state index contributed by atoms with van der Waals surface area (Å²) in [5.74, 6) is 7.23. The van der Waals surface area contributed by atoms with Gasteiger partial charge in [0.1, 0.15) is 0 Å². The number of benzene rings is 1. The molecule has 3 heteroatoms. The van der Waals surface area contributed by atoms with Gasteiger partial charge in [0.15, 0.2) is 0 Å². The molecule has 3 N–H and O–H groups in total. The number of hydrogen-bond acceptors (Lipinski definition) is 3. The number of nitrogens with two attached hydrogens (primary N) is 1. The van der Waals surface area contributed by atoms with E-state index in [2.05, 4.69) is 42.0 Å². The molecule has 3 atom stereocenters. The molecule has 1 aromatic heterocycles. The lowest BCUT2D eigenvalue weighted by Gasteiger charge is -2.16. The van der Waals surface area contributed by atoms with Crippen molar-refractivity contribution in [3.63, 3.8) is 0 Å². The first kappa shape index (κ1) is 10.3. The first-order chi connectivity index (χ1) is 7.81. The molecule has 0 spiro atoms. The molecular formula is C13H16N2S. The molecular weight excluding hydrogens is 216 g/mol. The van der Waals surface area contributed by atoms with Gasteiger partial charge >= 0.3 is 0 Å². The Hall–Kier alpha value is -0.900. The maximum atomic E-state index is 5.72. The van der Waals surface area contributed by atoms with Gasteiger partial charge in [-0.3, -0.25) is 11.3 Å². The van der Waals surface area contributed by atoms with Crippen LogP contribution in [0.25, 0.3) is 10.1 Å². The SMILES string of the molecule is CC1CC1C(NN)c1cccc2ccsc12. The monoisotopic (exact) mass is 232 g/mol. The quantitative estimate of drug-likeness (QED) is 0.630. The Bertz CT molecular complexity index is 505. The summed E-state index contributed by atoms with van der Waals surface area (Å²) in [5.41, 5.74) is 4.36. The van der Waals surface area contributed by atoms with Gasteiger partial charge in [0.05, 0.1) is 6.04 Å². The fourth-order valence-electron chi connectivity index (χ4n) is 2.52. The molecule has 16 heavy (non-hydrogen) atoms. The molecule has 0 aliphatic heterocycles. The van der Waals surface area contributed by atoms with Gasteiger partial charge in [-0.25, -0.2) is 0 Å². The second-order valence-corrected chi connectivity index (χ2v) is 5.62. The van der Waals surface area contributed by atoms with Gasteiger partial charge in [-0.15, -0.1) is 11.3 Å². The van der Waals surface area contributed by atoms with Gasteiger partial charge in [-0.2, -0.15) is 0 Å². The second-order valence-electron chi connectivity index (χ2n) is 4.71. The van der Waals surface area contributed by atoms with Gasteiger partial charge in [0.25, 0.3) is 0 Å². The smallest absolute Gasteiger partial charge is 0.0504 e. The first-order valence-electron chi connectivity index (χ1n) is 5.73. The highest BCUT2D eigenvalue weighted by Crippen LogP contribution is 2.48. The van der Waals surface area contributed by atoms with Gasteiger partial charge in [0, 0.05) is 4.70 Å². The van der Waals surface area contributed by atoms with Crippen LogP contribution in [-0.2, 0) is 0 Å². The van der Waals surface area contributed by atoms with Crippen molar-refractivity contribution in [2.24, 2.45) is 17.7 Å². The Morgan fingerprint density at radius 1 is 1.44 bits per heavy atom. The average molecular weight is 232 g/mol. The third-order valence-electron chi connectivity index (χ3n) is 3.62. The van der Waals surface area contributed by atoms with E-state index in [9.17, 15) is 0 Å². The molecule has 1 aromatic carbocycles. The molecule has 2 aromatic rings. The predicted octanol–water partition coefficient (Wildman–Crippen LogP) is 3.06. The average Bonchev–Trinajstić information content (AvgIpc) is 2.82. The van der Waals surface area contributed by atoms with E-state index in [1.54, 1.807) is 0 Å². The summed E-state index contributed by atoms with van der Waals surface area (Å²) >= 11 is 1.81. The van der Waals surface area contributed by atoms with E-state index >= 15 is 0 Å². The number of hydrogen-bond donors (Lipinski definition) is 2. The van der Waals surface area contributed by atoms with Crippen molar-refractivity contribution >= 4 is 21.4 Å². The van der Waals surface area contributed by atoms with Crippen molar-refractivity contribution in [2.45, 2.75) is 19.4 Å². The highest BCUT2D eigenvalue weighted by molar-refractivity contribution is 7.17. The van der Waals surface area contributed by atoms with Crippen LogP contribution in [0.15, 0.2) is 29.6 Å². The molecule has 1 aliphatic carbocycles. The number of thiophene rings is 1. The summed E-state index contributed by atoms with van der Waals surface area (Å²) in [6, 6.07) is 8.99. The molecule has 0 saturated heterocycles. The number of nitrogens with one attached hydrogen (secondary N) is 1. The molecule has 84 valence electrons. The highest BCUT2D eigenvalue weighted by atomic mass is 32.1. The van der Waals surface area contributed by atoms with E-state index < -0.39 is 0 Å². The maximum Gasteiger partial charge on any atom is 0.0504 e. The number of rotatable bonds is 3. The van der Waals surface area contributed by atoms with Crippen molar-refractivity contribution in [2.75, 3.05) is 0 Å². The van der Waals surface area contributed by atoms with Crippen LogP contribution < -0.4 is 11.3 Å². The molecule has 1 fully saturated rings. The molecule has 1 aliphatic rings. The summed E-state index contributed by atoms with van der Waals surface area (Å²) in [5, 5.41) is 3.48. The Morgan fingerprint density at radius 2 is 2.25 bits per heavy atom. The standard InChI is InChI=1S/C13H16N2S/c1-8-7-11(8)12(15-14)10-4-2-3-9-5-6-16-13(9)10/h2-6,8,11-12,15H,7,14H2,1H3. The van der Waals surface area contributed by atoms with Crippen LogP contribution >= 0.6 is 11.3 Å². The molecule has 1 saturated carbocycles. The third-order valence-corrected chi connectivity index (χ3v) is 4.60. The molecule has 0 radical (unpaired) electrons. The van der Waals surface area contributed by atoms with Crippen LogP contribution in [0.2, 0.25) is 0 Å².